The lowest BCUT2D eigenvalue weighted by Crippen LogP contribution is -2.41. The molecule has 2 fully saturated rings. The van der Waals surface area contributed by atoms with Crippen LogP contribution in [0.1, 0.15) is 33.1 Å². The number of rotatable bonds is 2. The van der Waals surface area contributed by atoms with Crippen LogP contribution in [0.2, 0.25) is 0 Å². The maximum Gasteiger partial charge on any atom is 0.306 e. The van der Waals surface area contributed by atoms with E-state index in [0.29, 0.717) is 13.0 Å². The lowest BCUT2D eigenvalue weighted by atomic mass is 9.75. The van der Waals surface area contributed by atoms with Crippen molar-refractivity contribution in [1.29, 1.82) is 0 Å². The Labute approximate surface area is 88.9 Å². The molecule has 0 amide bonds. The molecule has 2 bridgehead atoms. The smallest absolute Gasteiger partial charge is 0.306 e. The molecule has 0 spiro atoms. The van der Waals surface area contributed by atoms with Gasteiger partial charge in [-0.1, -0.05) is 6.92 Å². The topological polar surface area (TPSA) is 52.6 Å². The number of carbonyl (C=O) groups excluding carboxylic acids is 2. The SMILES string of the molecule is CC(=O)OC[C@@H]1[C@H]2CC[C@]1(C)CC(=O)O2. The van der Waals surface area contributed by atoms with Gasteiger partial charge in [0.2, 0.25) is 0 Å². The molecule has 2 rings (SSSR count). The van der Waals surface area contributed by atoms with Gasteiger partial charge in [-0.05, 0) is 18.3 Å². The standard InChI is InChI=1S/C11H16O4/c1-7(12)14-6-8-9-3-4-11(8,2)5-10(13)15-9/h8-9H,3-6H2,1-2H3/t8-,9-,11-/m1/s1. The van der Waals surface area contributed by atoms with Gasteiger partial charge in [-0.2, -0.15) is 0 Å². The fourth-order valence-corrected chi connectivity index (χ4v) is 2.72. The quantitative estimate of drug-likeness (QED) is 0.647. The zero-order valence-corrected chi connectivity index (χ0v) is 9.12. The summed E-state index contributed by atoms with van der Waals surface area (Å²) in [5.41, 5.74) is -0.0323. The van der Waals surface area contributed by atoms with Crippen molar-refractivity contribution < 1.29 is 19.1 Å². The minimum atomic E-state index is -0.269. The molecule has 0 radical (unpaired) electrons. The third kappa shape index (κ3) is 1.85. The van der Waals surface area contributed by atoms with Crippen molar-refractivity contribution >= 4 is 11.9 Å². The van der Waals surface area contributed by atoms with Gasteiger partial charge in [0, 0.05) is 12.8 Å². The molecule has 3 atom stereocenters. The number of hydrogen-bond donors (Lipinski definition) is 0. The highest BCUT2D eigenvalue weighted by atomic mass is 16.6. The molecule has 1 saturated carbocycles. The van der Waals surface area contributed by atoms with Crippen LogP contribution in [0, 0.1) is 11.3 Å². The second-order valence-corrected chi connectivity index (χ2v) is 4.81. The van der Waals surface area contributed by atoms with E-state index < -0.39 is 0 Å². The molecule has 2 aliphatic rings. The first kappa shape index (κ1) is 10.5. The predicted molar refractivity (Wildman–Crippen MR) is 52.0 cm³/mol. The fourth-order valence-electron chi connectivity index (χ4n) is 2.72. The van der Waals surface area contributed by atoms with Crippen molar-refractivity contribution in [3.8, 4) is 0 Å². The van der Waals surface area contributed by atoms with Crippen molar-refractivity contribution in [3.05, 3.63) is 0 Å². The Morgan fingerprint density at radius 2 is 2.40 bits per heavy atom. The number of carbonyl (C=O) groups is 2. The van der Waals surface area contributed by atoms with E-state index in [0.717, 1.165) is 12.8 Å². The lowest BCUT2D eigenvalue weighted by molar-refractivity contribution is -0.167. The molecular formula is C11H16O4. The van der Waals surface area contributed by atoms with E-state index >= 15 is 0 Å². The van der Waals surface area contributed by atoms with Gasteiger partial charge in [-0.15, -0.1) is 0 Å². The molecule has 1 saturated heterocycles. The zero-order chi connectivity index (χ0) is 11.1. The molecule has 84 valence electrons. The van der Waals surface area contributed by atoms with E-state index in [4.69, 9.17) is 9.47 Å². The fraction of sp³-hybridized carbons (Fsp3) is 0.818. The number of ether oxygens (including phenoxy) is 2. The minimum absolute atomic E-state index is 0.0323. The summed E-state index contributed by atoms with van der Waals surface area (Å²) in [6, 6.07) is 0. The van der Waals surface area contributed by atoms with Crippen LogP contribution in [0.5, 0.6) is 0 Å². The molecule has 1 aliphatic heterocycles. The average molecular weight is 212 g/mol. The van der Waals surface area contributed by atoms with Crippen LogP contribution in [0.4, 0.5) is 0 Å². The number of fused-ring (bicyclic) bond motifs is 2. The highest BCUT2D eigenvalue weighted by molar-refractivity contribution is 5.72. The van der Waals surface area contributed by atoms with Crippen molar-refractivity contribution in [2.75, 3.05) is 6.61 Å². The van der Waals surface area contributed by atoms with Crippen molar-refractivity contribution in [2.24, 2.45) is 11.3 Å². The summed E-state index contributed by atoms with van der Waals surface area (Å²) in [6.45, 7) is 3.87. The van der Waals surface area contributed by atoms with Crippen molar-refractivity contribution in [2.45, 2.75) is 39.2 Å². The summed E-state index contributed by atoms with van der Waals surface area (Å²) in [6.07, 6.45) is 2.29. The van der Waals surface area contributed by atoms with Crippen LogP contribution < -0.4 is 0 Å². The van der Waals surface area contributed by atoms with Gasteiger partial charge >= 0.3 is 11.9 Å². The third-order valence-electron chi connectivity index (χ3n) is 3.64. The van der Waals surface area contributed by atoms with Gasteiger partial charge in [0.15, 0.2) is 0 Å². The first-order chi connectivity index (χ1) is 7.01. The maximum absolute atomic E-state index is 11.3. The van der Waals surface area contributed by atoms with E-state index in [1.807, 2.05) is 0 Å². The van der Waals surface area contributed by atoms with Crippen LogP contribution in [0.15, 0.2) is 0 Å². The normalized spacial score (nSPS) is 38.7. The molecule has 0 N–H and O–H groups in total. The summed E-state index contributed by atoms with van der Waals surface area (Å²) in [7, 11) is 0. The molecule has 1 heterocycles. The molecule has 0 aromatic rings. The van der Waals surface area contributed by atoms with Crippen molar-refractivity contribution in [1.82, 2.24) is 0 Å². The molecule has 4 nitrogen and oxygen atoms in total. The second kappa shape index (κ2) is 3.51. The van der Waals surface area contributed by atoms with Crippen LogP contribution in [-0.2, 0) is 19.1 Å². The highest BCUT2D eigenvalue weighted by Crippen LogP contribution is 2.50. The summed E-state index contributed by atoms with van der Waals surface area (Å²) in [5, 5.41) is 0. The Morgan fingerprint density at radius 3 is 3.00 bits per heavy atom. The van der Waals surface area contributed by atoms with Crippen molar-refractivity contribution in [3.63, 3.8) is 0 Å². The van der Waals surface area contributed by atoms with Gasteiger partial charge in [0.25, 0.3) is 0 Å². The summed E-state index contributed by atoms with van der Waals surface area (Å²) >= 11 is 0. The Hall–Kier alpha value is -1.06. The van der Waals surface area contributed by atoms with Gasteiger partial charge in [0.05, 0.1) is 13.0 Å². The van der Waals surface area contributed by atoms with E-state index in [1.165, 1.54) is 6.92 Å². The Kier molecular flexibility index (Phi) is 2.44. The predicted octanol–water partition coefficient (Wildman–Crippen LogP) is 1.28. The van der Waals surface area contributed by atoms with Gasteiger partial charge < -0.3 is 9.47 Å². The van der Waals surface area contributed by atoms with Crippen LogP contribution >= 0.6 is 0 Å². The first-order valence-corrected chi connectivity index (χ1v) is 5.34. The molecule has 1 aliphatic carbocycles. The summed E-state index contributed by atoms with van der Waals surface area (Å²) in [5.74, 6) is -0.201. The maximum atomic E-state index is 11.3. The van der Waals surface area contributed by atoms with Gasteiger partial charge in [0.1, 0.15) is 6.10 Å². The second-order valence-electron chi connectivity index (χ2n) is 4.81. The molecule has 4 heteroatoms. The highest BCUT2D eigenvalue weighted by Gasteiger charge is 2.52. The van der Waals surface area contributed by atoms with Crippen LogP contribution in [0.3, 0.4) is 0 Å². The van der Waals surface area contributed by atoms with E-state index in [-0.39, 0.29) is 29.4 Å². The van der Waals surface area contributed by atoms with E-state index in [9.17, 15) is 9.59 Å². The molecule has 0 aromatic heterocycles. The minimum Gasteiger partial charge on any atom is -0.465 e. The number of esters is 2. The Bertz CT molecular complexity index is 299. The molecule has 15 heavy (non-hydrogen) atoms. The van der Waals surface area contributed by atoms with Gasteiger partial charge in [-0.3, -0.25) is 9.59 Å². The largest absolute Gasteiger partial charge is 0.465 e. The molecular weight excluding hydrogens is 196 g/mol. The van der Waals surface area contributed by atoms with E-state index in [2.05, 4.69) is 6.92 Å². The lowest BCUT2D eigenvalue weighted by Gasteiger charge is -2.36. The molecule has 0 aromatic carbocycles. The Balaban J connectivity index is 2.06. The monoisotopic (exact) mass is 212 g/mol. The van der Waals surface area contributed by atoms with Gasteiger partial charge in [-0.25, -0.2) is 0 Å². The van der Waals surface area contributed by atoms with Crippen LogP contribution in [-0.4, -0.2) is 24.6 Å². The summed E-state index contributed by atoms with van der Waals surface area (Å²) in [4.78, 5) is 22.0. The third-order valence-corrected chi connectivity index (χ3v) is 3.64. The Morgan fingerprint density at radius 1 is 1.67 bits per heavy atom. The molecule has 0 unspecified atom stereocenters. The average Bonchev–Trinajstić information content (AvgIpc) is 2.30. The van der Waals surface area contributed by atoms with Crippen LogP contribution in [0.25, 0.3) is 0 Å². The van der Waals surface area contributed by atoms with E-state index in [1.54, 1.807) is 0 Å². The number of hydrogen-bond acceptors (Lipinski definition) is 4. The zero-order valence-electron chi connectivity index (χ0n) is 9.12. The first-order valence-electron chi connectivity index (χ1n) is 5.34. The summed E-state index contributed by atoms with van der Waals surface area (Å²) < 4.78 is 10.3.